The highest BCUT2D eigenvalue weighted by atomic mass is 35.5. The first-order valence-corrected chi connectivity index (χ1v) is 9.03. The van der Waals surface area contributed by atoms with E-state index in [1.54, 1.807) is 21.9 Å². The van der Waals surface area contributed by atoms with Gasteiger partial charge in [0.2, 0.25) is 5.28 Å². The van der Waals surface area contributed by atoms with Crippen molar-refractivity contribution in [2.75, 3.05) is 0 Å². The fraction of sp³-hybridized carbons (Fsp3) is 0.263. The first kappa shape index (κ1) is 18.5. The van der Waals surface area contributed by atoms with Gasteiger partial charge in [0.25, 0.3) is 5.91 Å². The number of aromatic nitrogens is 4. The molecule has 3 aromatic rings. The van der Waals surface area contributed by atoms with Crippen molar-refractivity contribution in [2.45, 2.75) is 33.0 Å². The van der Waals surface area contributed by atoms with Crippen LogP contribution in [0.4, 0.5) is 8.78 Å². The molecule has 1 amide bonds. The molecule has 6 nitrogen and oxygen atoms in total. The zero-order valence-electron chi connectivity index (χ0n) is 15.2. The zero-order chi connectivity index (χ0) is 20.0. The van der Waals surface area contributed by atoms with Crippen molar-refractivity contribution in [1.29, 1.82) is 0 Å². The fourth-order valence-electron chi connectivity index (χ4n) is 3.29. The largest absolute Gasteiger partial charge is 0.327 e. The first-order chi connectivity index (χ1) is 13.3. The number of aryl methyl sites for hydroxylation is 1. The van der Waals surface area contributed by atoms with E-state index in [0.717, 1.165) is 17.7 Å². The van der Waals surface area contributed by atoms with Gasteiger partial charge >= 0.3 is 0 Å². The molecule has 0 saturated carbocycles. The lowest BCUT2D eigenvalue weighted by atomic mass is 10.1. The van der Waals surface area contributed by atoms with Crippen LogP contribution in [0, 0.1) is 18.6 Å². The monoisotopic (exact) mass is 403 g/mol. The van der Waals surface area contributed by atoms with Crippen LogP contribution in [-0.4, -0.2) is 36.4 Å². The van der Waals surface area contributed by atoms with E-state index < -0.39 is 11.6 Å². The normalized spacial score (nSPS) is 16.4. The van der Waals surface area contributed by atoms with Crippen molar-refractivity contribution >= 4 is 17.5 Å². The van der Waals surface area contributed by atoms with Crippen LogP contribution in [0.3, 0.4) is 0 Å². The Balaban J connectivity index is 1.66. The number of rotatable bonds is 3. The highest BCUT2D eigenvalue weighted by Crippen LogP contribution is 2.26. The molecule has 0 N–H and O–H groups in total. The topological polar surface area (TPSA) is 63.9 Å². The third-order valence-electron chi connectivity index (χ3n) is 4.74. The molecule has 144 valence electrons. The molecule has 0 aliphatic carbocycles. The van der Waals surface area contributed by atoms with E-state index in [1.165, 1.54) is 6.07 Å². The second kappa shape index (κ2) is 6.94. The van der Waals surface area contributed by atoms with E-state index in [4.69, 9.17) is 11.6 Å². The van der Waals surface area contributed by atoms with E-state index >= 15 is 0 Å². The summed E-state index contributed by atoms with van der Waals surface area (Å²) in [6, 6.07) is 3.49. The van der Waals surface area contributed by atoms with Crippen LogP contribution in [0.15, 0.2) is 30.6 Å². The Morgan fingerprint density at radius 1 is 1.25 bits per heavy atom. The van der Waals surface area contributed by atoms with Crippen LogP contribution in [0.25, 0.3) is 11.4 Å². The number of amides is 1. The van der Waals surface area contributed by atoms with Gasteiger partial charge in [-0.1, -0.05) is 6.07 Å². The van der Waals surface area contributed by atoms with Crippen LogP contribution in [-0.2, 0) is 13.1 Å². The van der Waals surface area contributed by atoms with Crippen LogP contribution in [0.5, 0.6) is 0 Å². The van der Waals surface area contributed by atoms with E-state index in [0.29, 0.717) is 23.5 Å². The quantitative estimate of drug-likeness (QED) is 0.626. The highest BCUT2D eigenvalue weighted by molar-refractivity contribution is 6.28. The molecule has 0 radical (unpaired) electrons. The molecule has 9 heteroatoms. The molecule has 1 unspecified atom stereocenters. The van der Waals surface area contributed by atoms with Crippen LogP contribution >= 0.6 is 11.6 Å². The number of hydrogen-bond donors (Lipinski definition) is 0. The summed E-state index contributed by atoms with van der Waals surface area (Å²) in [6.07, 6.45) is 3.37. The highest BCUT2D eigenvalue weighted by Gasteiger charge is 2.32. The molecule has 0 bridgehead atoms. The second-order valence-electron chi connectivity index (χ2n) is 6.80. The van der Waals surface area contributed by atoms with E-state index in [-0.39, 0.29) is 29.6 Å². The average molecular weight is 404 g/mol. The van der Waals surface area contributed by atoms with E-state index in [2.05, 4.69) is 15.0 Å². The van der Waals surface area contributed by atoms with Gasteiger partial charge in [0, 0.05) is 31.5 Å². The van der Waals surface area contributed by atoms with Gasteiger partial charge in [-0.25, -0.2) is 23.7 Å². The molecule has 1 aliphatic rings. The van der Waals surface area contributed by atoms with Gasteiger partial charge < -0.3 is 9.47 Å². The van der Waals surface area contributed by atoms with Gasteiger partial charge in [0.05, 0.1) is 5.69 Å². The van der Waals surface area contributed by atoms with Crippen molar-refractivity contribution in [3.05, 3.63) is 64.5 Å². The van der Waals surface area contributed by atoms with Gasteiger partial charge in [-0.3, -0.25) is 4.79 Å². The van der Waals surface area contributed by atoms with Crippen LogP contribution < -0.4 is 0 Å². The molecule has 1 aliphatic heterocycles. The maximum Gasteiger partial charge on any atom is 0.290 e. The Morgan fingerprint density at radius 2 is 2.04 bits per heavy atom. The van der Waals surface area contributed by atoms with Crippen LogP contribution in [0.1, 0.15) is 28.7 Å². The van der Waals surface area contributed by atoms with Crippen molar-refractivity contribution < 1.29 is 13.6 Å². The smallest absolute Gasteiger partial charge is 0.290 e. The van der Waals surface area contributed by atoms with E-state index in [9.17, 15) is 13.6 Å². The van der Waals surface area contributed by atoms with Crippen molar-refractivity contribution in [1.82, 2.24) is 24.4 Å². The Morgan fingerprint density at radius 3 is 2.79 bits per heavy atom. The summed E-state index contributed by atoms with van der Waals surface area (Å²) in [5, 5.41) is 0.103. The molecular formula is C19H16ClF2N5O. The number of hydrogen-bond acceptors (Lipinski definition) is 4. The third-order valence-corrected chi connectivity index (χ3v) is 4.93. The standard InChI is InChI=1S/C19H16ClF2N5O/c1-10-6-23-19(20)25-16(10)15-9-26-7-11(2)27(18(28)17(26)24-15)8-12-3-4-13(21)14(22)5-12/h3-6,9,11H,7-8H2,1-2H3. The van der Waals surface area contributed by atoms with Gasteiger partial charge in [0.15, 0.2) is 17.5 Å². The number of imidazole rings is 1. The number of nitrogens with zero attached hydrogens (tertiary/aromatic N) is 5. The fourth-order valence-corrected chi connectivity index (χ4v) is 3.43. The third kappa shape index (κ3) is 3.24. The summed E-state index contributed by atoms with van der Waals surface area (Å²) < 4.78 is 28.5. The summed E-state index contributed by atoms with van der Waals surface area (Å²) in [7, 11) is 0. The lowest BCUT2D eigenvalue weighted by Gasteiger charge is -2.33. The lowest BCUT2D eigenvalue weighted by Crippen LogP contribution is -2.46. The minimum atomic E-state index is -0.936. The Hall–Kier alpha value is -2.87. The first-order valence-electron chi connectivity index (χ1n) is 8.65. The lowest BCUT2D eigenvalue weighted by molar-refractivity contribution is 0.0587. The average Bonchev–Trinajstić information content (AvgIpc) is 3.07. The predicted molar refractivity (Wildman–Crippen MR) is 98.7 cm³/mol. The van der Waals surface area contributed by atoms with Crippen molar-refractivity contribution in [2.24, 2.45) is 0 Å². The van der Waals surface area contributed by atoms with E-state index in [1.807, 2.05) is 13.8 Å². The minimum Gasteiger partial charge on any atom is -0.327 e. The molecule has 2 aromatic heterocycles. The maximum absolute atomic E-state index is 13.5. The summed E-state index contributed by atoms with van der Waals surface area (Å²) in [5.74, 6) is -1.87. The van der Waals surface area contributed by atoms with Crippen molar-refractivity contribution in [3.8, 4) is 11.4 Å². The molecule has 1 atom stereocenters. The summed E-state index contributed by atoms with van der Waals surface area (Å²) >= 11 is 5.89. The number of fused-ring (bicyclic) bond motifs is 1. The molecule has 3 heterocycles. The van der Waals surface area contributed by atoms with Crippen LogP contribution in [0.2, 0.25) is 5.28 Å². The van der Waals surface area contributed by atoms with Gasteiger partial charge in [0.1, 0.15) is 5.69 Å². The molecule has 0 spiro atoms. The molecule has 4 rings (SSSR count). The van der Waals surface area contributed by atoms with Gasteiger partial charge in [-0.05, 0) is 48.7 Å². The number of benzene rings is 1. The Bertz CT molecular complexity index is 1080. The second-order valence-corrected chi connectivity index (χ2v) is 7.14. The summed E-state index contributed by atoms with van der Waals surface area (Å²) in [5.41, 5.74) is 2.40. The molecule has 0 fully saturated rings. The molecule has 28 heavy (non-hydrogen) atoms. The van der Waals surface area contributed by atoms with Gasteiger partial charge in [-0.15, -0.1) is 0 Å². The predicted octanol–water partition coefficient (Wildman–Crippen LogP) is 3.62. The van der Waals surface area contributed by atoms with Crippen molar-refractivity contribution in [3.63, 3.8) is 0 Å². The van der Waals surface area contributed by atoms with Gasteiger partial charge in [-0.2, -0.15) is 0 Å². The Labute approximate surface area is 164 Å². The minimum absolute atomic E-state index is 0.103. The SMILES string of the molecule is Cc1cnc(Cl)nc1-c1cn2c(n1)C(=O)N(Cc1ccc(F)c(F)c1)C(C)C2. The molecule has 0 saturated heterocycles. The Kier molecular flexibility index (Phi) is 4.58. The number of halogens is 3. The maximum atomic E-state index is 13.5. The summed E-state index contributed by atoms with van der Waals surface area (Å²) in [6.45, 7) is 4.42. The number of carbonyl (C=O) groups is 1. The summed E-state index contributed by atoms with van der Waals surface area (Å²) in [4.78, 5) is 27.2. The molecule has 1 aromatic carbocycles. The number of carbonyl (C=O) groups excluding carboxylic acids is 1. The molecular weight excluding hydrogens is 388 g/mol. The zero-order valence-corrected chi connectivity index (χ0v) is 15.9.